The highest BCUT2D eigenvalue weighted by molar-refractivity contribution is 4.80. The molecular weight excluding hydrogens is 222 g/mol. The van der Waals surface area contributed by atoms with E-state index < -0.39 is 0 Å². The van der Waals surface area contributed by atoms with Gasteiger partial charge < -0.3 is 10.1 Å². The highest BCUT2D eigenvalue weighted by Crippen LogP contribution is 2.24. The fourth-order valence-corrected chi connectivity index (χ4v) is 2.64. The molecule has 108 valence electrons. The zero-order valence-corrected chi connectivity index (χ0v) is 12.9. The van der Waals surface area contributed by atoms with E-state index in [1.807, 2.05) is 0 Å². The number of hydrogen-bond donors (Lipinski definition) is 1. The molecule has 2 nitrogen and oxygen atoms in total. The third kappa shape index (κ3) is 6.19. The van der Waals surface area contributed by atoms with Crippen LogP contribution < -0.4 is 5.32 Å². The molecular formula is C16H33NO. The van der Waals surface area contributed by atoms with Gasteiger partial charge in [0.15, 0.2) is 0 Å². The van der Waals surface area contributed by atoms with Crippen LogP contribution in [0.5, 0.6) is 0 Å². The molecule has 1 unspecified atom stereocenters. The van der Waals surface area contributed by atoms with Crippen LogP contribution in [0.1, 0.15) is 66.2 Å². The summed E-state index contributed by atoms with van der Waals surface area (Å²) >= 11 is 0. The Hall–Kier alpha value is -0.0800. The van der Waals surface area contributed by atoms with Gasteiger partial charge in [-0.1, -0.05) is 47.0 Å². The monoisotopic (exact) mass is 255 g/mol. The first-order chi connectivity index (χ1) is 8.54. The van der Waals surface area contributed by atoms with Gasteiger partial charge in [-0.25, -0.2) is 0 Å². The minimum atomic E-state index is 0.279. The Balaban J connectivity index is 2.23. The second-order valence-electron chi connectivity index (χ2n) is 6.91. The Morgan fingerprint density at radius 3 is 2.39 bits per heavy atom. The smallest absolute Gasteiger partial charge is 0.0624 e. The summed E-state index contributed by atoms with van der Waals surface area (Å²) in [6.45, 7) is 12.0. The standard InChI is InChI=1S/C16H33NO/c1-5-11-17-15(16(2,3)4)13-18-12-14-9-7-6-8-10-14/h14-15,17H,5-13H2,1-4H3. The second-order valence-corrected chi connectivity index (χ2v) is 6.91. The van der Waals surface area contributed by atoms with E-state index in [4.69, 9.17) is 4.74 Å². The van der Waals surface area contributed by atoms with E-state index in [1.54, 1.807) is 0 Å². The van der Waals surface area contributed by atoms with Crippen molar-refractivity contribution >= 4 is 0 Å². The Kier molecular flexibility index (Phi) is 7.25. The zero-order valence-electron chi connectivity index (χ0n) is 12.9. The molecule has 2 heteroatoms. The van der Waals surface area contributed by atoms with E-state index in [-0.39, 0.29) is 5.41 Å². The predicted octanol–water partition coefficient (Wildman–Crippen LogP) is 4.00. The van der Waals surface area contributed by atoms with Gasteiger partial charge in [0.05, 0.1) is 6.61 Å². The highest BCUT2D eigenvalue weighted by atomic mass is 16.5. The lowest BCUT2D eigenvalue weighted by molar-refractivity contribution is 0.0452. The van der Waals surface area contributed by atoms with Gasteiger partial charge in [-0.15, -0.1) is 0 Å². The summed E-state index contributed by atoms with van der Waals surface area (Å²) in [5.74, 6) is 0.825. The number of nitrogens with one attached hydrogen (secondary N) is 1. The van der Waals surface area contributed by atoms with Gasteiger partial charge in [-0.2, -0.15) is 0 Å². The van der Waals surface area contributed by atoms with Crippen molar-refractivity contribution in [3.63, 3.8) is 0 Å². The summed E-state index contributed by atoms with van der Waals surface area (Å²) in [5.41, 5.74) is 0.279. The van der Waals surface area contributed by atoms with Gasteiger partial charge in [-0.3, -0.25) is 0 Å². The van der Waals surface area contributed by atoms with Gasteiger partial charge >= 0.3 is 0 Å². The largest absolute Gasteiger partial charge is 0.380 e. The van der Waals surface area contributed by atoms with Crippen LogP contribution in [-0.2, 0) is 4.74 Å². The van der Waals surface area contributed by atoms with Crippen molar-refractivity contribution in [3.05, 3.63) is 0 Å². The molecule has 1 aliphatic rings. The maximum Gasteiger partial charge on any atom is 0.0624 e. The van der Waals surface area contributed by atoms with E-state index in [0.29, 0.717) is 6.04 Å². The fraction of sp³-hybridized carbons (Fsp3) is 1.00. The van der Waals surface area contributed by atoms with Crippen LogP contribution in [0.25, 0.3) is 0 Å². The van der Waals surface area contributed by atoms with Crippen LogP contribution in [0.4, 0.5) is 0 Å². The first-order valence-corrected chi connectivity index (χ1v) is 7.85. The summed E-state index contributed by atoms with van der Waals surface area (Å²) in [4.78, 5) is 0. The first-order valence-electron chi connectivity index (χ1n) is 7.85. The minimum absolute atomic E-state index is 0.279. The van der Waals surface area contributed by atoms with Crippen LogP contribution in [0.3, 0.4) is 0 Å². The van der Waals surface area contributed by atoms with E-state index in [2.05, 4.69) is 33.0 Å². The molecule has 1 aliphatic carbocycles. The number of hydrogen-bond acceptors (Lipinski definition) is 2. The van der Waals surface area contributed by atoms with Crippen molar-refractivity contribution in [1.82, 2.24) is 5.32 Å². The number of ether oxygens (including phenoxy) is 1. The molecule has 1 N–H and O–H groups in total. The molecule has 1 fully saturated rings. The van der Waals surface area contributed by atoms with E-state index in [9.17, 15) is 0 Å². The van der Waals surface area contributed by atoms with E-state index >= 15 is 0 Å². The molecule has 0 radical (unpaired) electrons. The molecule has 1 atom stereocenters. The lowest BCUT2D eigenvalue weighted by Gasteiger charge is -2.32. The van der Waals surface area contributed by atoms with Crippen molar-refractivity contribution in [3.8, 4) is 0 Å². The van der Waals surface area contributed by atoms with Crippen LogP contribution >= 0.6 is 0 Å². The Morgan fingerprint density at radius 2 is 1.83 bits per heavy atom. The summed E-state index contributed by atoms with van der Waals surface area (Å²) in [6.07, 6.45) is 8.19. The molecule has 18 heavy (non-hydrogen) atoms. The summed E-state index contributed by atoms with van der Waals surface area (Å²) < 4.78 is 6.00. The lowest BCUT2D eigenvalue weighted by Crippen LogP contribution is -2.44. The molecule has 0 bridgehead atoms. The van der Waals surface area contributed by atoms with Crippen molar-refractivity contribution in [1.29, 1.82) is 0 Å². The van der Waals surface area contributed by atoms with Crippen LogP contribution in [0, 0.1) is 11.3 Å². The molecule has 0 spiro atoms. The molecule has 0 aromatic heterocycles. The van der Waals surface area contributed by atoms with Crippen molar-refractivity contribution < 1.29 is 4.74 Å². The average Bonchev–Trinajstić information content (AvgIpc) is 2.33. The highest BCUT2D eigenvalue weighted by Gasteiger charge is 2.24. The minimum Gasteiger partial charge on any atom is -0.380 e. The fourth-order valence-electron chi connectivity index (χ4n) is 2.64. The van der Waals surface area contributed by atoms with Crippen molar-refractivity contribution in [2.45, 2.75) is 72.3 Å². The Bertz CT molecular complexity index is 204. The lowest BCUT2D eigenvalue weighted by atomic mass is 9.87. The quantitative estimate of drug-likeness (QED) is 0.742. The molecule has 0 heterocycles. The first kappa shape index (κ1) is 16.0. The van der Waals surface area contributed by atoms with E-state index in [1.165, 1.54) is 38.5 Å². The Labute approximate surface area is 114 Å². The topological polar surface area (TPSA) is 21.3 Å². The third-order valence-electron chi connectivity index (χ3n) is 4.05. The van der Waals surface area contributed by atoms with Gasteiger partial charge in [-0.05, 0) is 37.1 Å². The maximum atomic E-state index is 6.00. The third-order valence-corrected chi connectivity index (χ3v) is 4.05. The summed E-state index contributed by atoms with van der Waals surface area (Å²) in [6, 6.07) is 0.473. The zero-order chi connectivity index (χ0) is 13.4. The summed E-state index contributed by atoms with van der Waals surface area (Å²) in [5, 5.41) is 3.62. The van der Waals surface area contributed by atoms with Crippen LogP contribution in [0.2, 0.25) is 0 Å². The molecule has 0 aliphatic heterocycles. The normalized spacial score (nSPS) is 20.0. The second kappa shape index (κ2) is 8.16. The SMILES string of the molecule is CCCNC(COCC1CCCCC1)C(C)(C)C. The predicted molar refractivity (Wildman–Crippen MR) is 78.9 cm³/mol. The van der Waals surface area contributed by atoms with Crippen LogP contribution in [0.15, 0.2) is 0 Å². The van der Waals surface area contributed by atoms with Gasteiger partial charge in [0.2, 0.25) is 0 Å². The number of rotatable bonds is 7. The van der Waals surface area contributed by atoms with Gasteiger partial charge in [0.25, 0.3) is 0 Å². The molecule has 0 amide bonds. The van der Waals surface area contributed by atoms with Crippen LogP contribution in [-0.4, -0.2) is 25.8 Å². The summed E-state index contributed by atoms with van der Waals surface area (Å²) in [7, 11) is 0. The molecule has 0 aromatic rings. The van der Waals surface area contributed by atoms with Gasteiger partial charge in [0.1, 0.15) is 0 Å². The van der Waals surface area contributed by atoms with Crippen molar-refractivity contribution in [2.75, 3.05) is 19.8 Å². The average molecular weight is 255 g/mol. The van der Waals surface area contributed by atoms with Gasteiger partial charge in [0, 0.05) is 12.6 Å². The van der Waals surface area contributed by atoms with E-state index in [0.717, 1.165) is 25.7 Å². The molecule has 1 rings (SSSR count). The van der Waals surface area contributed by atoms with Crippen molar-refractivity contribution in [2.24, 2.45) is 11.3 Å². The molecule has 1 saturated carbocycles. The maximum absolute atomic E-state index is 6.00. The molecule has 0 saturated heterocycles. The molecule has 0 aromatic carbocycles. The Morgan fingerprint density at radius 1 is 1.17 bits per heavy atom.